The molecule has 4 nitrogen and oxygen atoms in total. The minimum atomic E-state index is -0.519. The highest BCUT2D eigenvalue weighted by atomic mass is 16.3. The smallest absolute Gasteiger partial charge is 0.225 e. The highest BCUT2D eigenvalue weighted by Gasteiger charge is 2.24. The lowest BCUT2D eigenvalue weighted by Crippen LogP contribution is -2.51. The van der Waals surface area contributed by atoms with Crippen LogP contribution in [-0.2, 0) is 11.2 Å². The van der Waals surface area contributed by atoms with Crippen molar-refractivity contribution < 1.29 is 9.90 Å². The Morgan fingerprint density at radius 2 is 2.12 bits per heavy atom. The third-order valence-corrected chi connectivity index (χ3v) is 2.98. The third-order valence-electron chi connectivity index (χ3n) is 2.98. The van der Waals surface area contributed by atoms with Gasteiger partial charge in [-0.25, -0.2) is 0 Å². The van der Waals surface area contributed by atoms with Crippen molar-refractivity contribution in [2.24, 2.45) is 5.92 Å². The number of aliphatic hydroxyl groups is 1. The first-order chi connectivity index (χ1) is 8.25. The van der Waals surface area contributed by atoms with Crippen LogP contribution in [0.15, 0.2) is 30.3 Å². The fourth-order valence-electron chi connectivity index (χ4n) is 1.80. The van der Waals surface area contributed by atoms with Crippen LogP contribution < -0.4 is 10.6 Å². The topological polar surface area (TPSA) is 61.4 Å². The molecule has 0 aliphatic carbocycles. The zero-order valence-electron chi connectivity index (χ0n) is 9.73. The van der Waals surface area contributed by atoms with Gasteiger partial charge in [-0.1, -0.05) is 30.3 Å². The third kappa shape index (κ3) is 3.54. The van der Waals surface area contributed by atoms with Gasteiger partial charge in [-0.3, -0.25) is 4.79 Å². The van der Waals surface area contributed by atoms with E-state index in [4.69, 9.17) is 0 Å². The van der Waals surface area contributed by atoms with Crippen molar-refractivity contribution in [3.63, 3.8) is 0 Å². The fourth-order valence-corrected chi connectivity index (χ4v) is 1.80. The lowest BCUT2D eigenvalue weighted by atomic mass is 10.0. The first-order valence-electron chi connectivity index (χ1n) is 5.96. The molecule has 1 aliphatic rings. The maximum Gasteiger partial charge on any atom is 0.225 e. The summed E-state index contributed by atoms with van der Waals surface area (Å²) in [6, 6.07) is 9.78. The Balaban J connectivity index is 1.70. The van der Waals surface area contributed by atoms with Crippen molar-refractivity contribution in [1.82, 2.24) is 10.6 Å². The molecule has 1 atom stereocenters. The average molecular weight is 234 g/mol. The molecule has 0 aromatic heterocycles. The number of rotatable bonds is 5. The Morgan fingerprint density at radius 1 is 1.41 bits per heavy atom. The van der Waals surface area contributed by atoms with Gasteiger partial charge in [0.25, 0.3) is 0 Å². The van der Waals surface area contributed by atoms with E-state index >= 15 is 0 Å². The minimum Gasteiger partial charge on any atom is -0.391 e. The second kappa shape index (κ2) is 5.80. The van der Waals surface area contributed by atoms with Crippen LogP contribution in [0, 0.1) is 5.92 Å². The monoisotopic (exact) mass is 234 g/mol. The summed E-state index contributed by atoms with van der Waals surface area (Å²) < 4.78 is 0. The van der Waals surface area contributed by atoms with Crippen LogP contribution in [0.1, 0.15) is 5.56 Å². The Hall–Kier alpha value is -1.39. The Labute approximate surface area is 101 Å². The molecule has 0 radical (unpaired) electrons. The summed E-state index contributed by atoms with van der Waals surface area (Å²) in [5.74, 6) is 0.120. The predicted molar refractivity (Wildman–Crippen MR) is 65.5 cm³/mol. The number of amides is 1. The molecule has 1 aromatic carbocycles. The van der Waals surface area contributed by atoms with Crippen LogP contribution in [0.4, 0.5) is 0 Å². The molecule has 0 bridgehead atoms. The van der Waals surface area contributed by atoms with Crippen molar-refractivity contribution in [3.8, 4) is 0 Å². The quantitative estimate of drug-likeness (QED) is 0.668. The average Bonchev–Trinajstić information content (AvgIpc) is 2.25. The molecule has 1 saturated heterocycles. The molecule has 17 heavy (non-hydrogen) atoms. The van der Waals surface area contributed by atoms with Crippen LogP contribution in [0.5, 0.6) is 0 Å². The van der Waals surface area contributed by atoms with Gasteiger partial charge in [0.1, 0.15) is 0 Å². The molecule has 0 spiro atoms. The molecule has 2 rings (SSSR count). The number of nitrogens with one attached hydrogen (secondary N) is 2. The summed E-state index contributed by atoms with van der Waals surface area (Å²) in [6.07, 6.45) is 0.0544. The van der Waals surface area contributed by atoms with Crippen LogP contribution in [0.25, 0.3) is 0 Å². The van der Waals surface area contributed by atoms with Gasteiger partial charge in [-0.05, 0) is 5.56 Å². The van der Waals surface area contributed by atoms with E-state index in [-0.39, 0.29) is 11.8 Å². The van der Waals surface area contributed by atoms with Crippen LogP contribution >= 0.6 is 0 Å². The molecule has 4 heteroatoms. The normalized spacial score (nSPS) is 17.2. The van der Waals surface area contributed by atoms with Gasteiger partial charge >= 0.3 is 0 Å². The van der Waals surface area contributed by atoms with E-state index in [9.17, 15) is 9.90 Å². The van der Waals surface area contributed by atoms with Gasteiger partial charge in [-0.15, -0.1) is 0 Å². The predicted octanol–water partition coefficient (Wildman–Crippen LogP) is -0.0744. The minimum absolute atomic E-state index is 0.0378. The second-order valence-electron chi connectivity index (χ2n) is 4.44. The van der Waals surface area contributed by atoms with E-state index < -0.39 is 6.10 Å². The van der Waals surface area contributed by atoms with Crippen molar-refractivity contribution in [2.45, 2.75) is 12.5 Å². The molecule has 3 N–H and O–H groups in total. The maximum atomic E-state index is 11.5. The number of benzene rings is 1. The van der Waals surface area contributed by atoms with Gasteiger partial charge in [0.05, 0.1) is 12.0 Å². The molecular formula is C13H18N2O2. The summed E-state index contributed by atoms with van der Waals surface area (Å²) in [7, 11) is 0. The second-order valence-corrected chi connectivity index (χ2v) is 4.44. The van der Waals surface area contributed by atoms with Crippen molar-refractivity contribution in [3.05, 3.63) is 35.9 Å². The molecule has 92 valence electrons. The molecule has 1 aliphatic heterocycles. The number of hydrogen-bond donors (Lipinski definition) is 3. The van der Waals surface area contributed by atoms with E-state index in [2.05, 4.69) is 10.6 Å². The summed E-state index contributed by atoms with van der Waals surface area (Å²) in [6.45, 7) is 1.82. The summed E-state index contributed by atoms with van der Waals surface area (Å²) in [4.78, 5) is 11.5. The lowest BCUT2D eigenvalue weighted by Gasteiger charge is -2.26. The number of aliphatic hydroxyl groups excluding tert-OH is 1. The standard InChI is InChI=1S/C13H18N2O2/c16-12(6-10-4-2-1-3-5-10)9-15-13(17)11-7-14-8-11/h1-5,11-12,14,16H,6-9H2,(H,15,17). The largest absolute Gasteiger partial charge is 0.391 e. The summed E-state index contributed by atoms with van der Waals surface area (Å²) in [5.41, 5.74) is 1.08. The first kappa shape index (κ1) is 12.1. The Kier molecular flexibility index (Phi) is 4.12. The van der Waals surface area contributed by atoms with Crippen LogP contribution in [0.3, 0.4) is 0 Å². The van der Waals surface area contributed by atoms with E-state index in [0.717, 1.165) is 18.7 Å². The van der Waals surface area contributed by atoms with E-state index in [1.165, 1.54) is 0 Å². The summed E-state index contributed by atoms with van der Waals surface area (Å²) >= 11 is 0. The van der Waals surface area contributed by atoms with Gasteiger partial charge in [-0.2, -0.15) is 0 Å². The highest BCUT2D eigenvalue weighted by Crippen LogP contribution is 2.04. The Morgan fingerprint density at radius 3 is 2.71 bits per heavy atom. The van der Waals surface area contributed by atoms with Crippen LogP contribution in [-0.4, -0.2) is 36.8 Å². The van der Waals surface area contributed by atoms with Gasteiger partial charge in [0, 0.05) is 26.1 Å². The summed E-state index contributed by atoms with van der Waals surface area (Å²) in [5, 5.41) is 15.6. The molecule has 1 unspecified atom stereocenters. The lowest BCUT2D eigenvalue weighted by molar-refractivity contribution is -0.126. The molecule has 0 saturated carbocycles. The molecule has 1 aromatic rings. The number of hydrogen-bond acceptors (Lipinski definition) is 3. The fraction of sp³-hybridized carbons (Fsp3) is 0.462. The van der Waals surface area contributed by atoms with Crippen molar-refractivity contribution >= 4 is 5.91 Å². The van der Waals surface area contributed by atoms with Gasteiger partial charge in [0.15, 0.2) is 0 Å². The highest BCUT2D eigenvalue weighted by molar-refractivity contribution is 5.80. The zero-order chi connectivity index (χ0) is 12.1. The van der Waals surface area contributed by atoms with E-state index in [1.807, 2.05) is 30.3 Å². The molecule has 1 fully saturated rings. The Bertz CT molecular complexity index is 363. The maximum absolute atomic E-state index is 11.5. The molecule has 1 heterocycles. The number of carbonyl (C=O) groups excluding carboxylic acids is 1. The molecule has 1 amide bonds. The van der Waals surface area contributed by atoms with E-state index in [0.29, 0.717) is 13.0 Å². The van der Waals surface area contributed by atoms with Crippen molar-refractivity contribution in [2.75, 3.05) is 19.6 Å². The SMILES string of the molecule is O=C(NCC(O)Cc1ccccc1)C1CNC1. The first-order valence-corrected chi connectivity index (χ1v) is 5.96. The zero-order valence-corrected chi connectivity index (χ0v) is 9.73. The molecular weight excluding hydrogens is 216 g/mol. The van der Waals surface area contributed by atoms with Gasteiger partial charge < -0.3 is 15.7 Å². The van der Waals surface area contributed by atoms with Crippen LogP contribution in [0.2, 0.25) is 0 Å². The van der Waals surface area contributed by atoms with Crippen molar-refractivity contribution in [1.29, 1.82) is 0 Å². The van der Waals surface area contributed by atoms with Gasteiger partial charge in [0.2, 0.25) is 5.91 Å². The van der Waals surface area contributed by atoms with E-state index in [1.54, 1.807) is 0 Å². The number of carbonyl (C=O) groups is 1.